The van der Waals surface area contributed by atoms with Gasteiger partial charge in [-0.25, -0.2) is 13.6 Å². The molecule has 2 N–H and O–H groups in total. The number of fused-ring (bicyclic) bond motifs is 1. The molecular formula is C20H22N4O2S. The quantitative estimate of drug-likeness (QED) is 0.753. The average molecular weight is 382 g/mol. The number of pyridine rings is 1. The minimum atomic E-state index is -3.75. The van der Waals surface area contributed by atoms with E-state index in [1.54, 1.807) is 12.1 Å². The summed E-state index contributed by atoms with van der Waals surface area (Å²) in [6, 6.07) is 15.2. The molecule has 1 aromatic heterocycles. The van der Waals surface area contributed by atoms with Crippen LogP contribution in [-0.4, -0.2) is 39.6 Å². The van der Waals surface area contributed by atoms with E-state index in [1.807, 2.05) is 18.3 Å². The monoisotopic (exact) mass is 382 g/mol. The Kier molecular flexibility index (Phi) is 4.49. The normalized spacial score (nSPS) is 15.3. The number of rotatable bonds is 3. The molecule has 2 aromatic carbocycles. The number of sulfonamides is 1. The van der Waals surface area contributed by atoms with Crippen LogP contribution in [0.5, 0.6) is 0 Å². The van der Waals surface area contributed by atoms with Gasteiger partial charge >= 0.3 is 0 Å². The summed E-state index contributed by atoms with van der Waals surface area (Å²) in [5, 5.41) is 6.54. The molecule has 1 fully saturated rings. The van der Waals surface area contributed by atoms with E-state index in [0.29, 0.717) is 5.69 Å². The van der Waals surface area contributed by atoms with Crippen molar-refractivity contribution in [1.29, 1.82) is 0 Å². The Morgan fingerprint density at radius 3 is 2.26 bits per heavy atom. The van der Waals surface area contributed by atoms with Gasteiger partial charge in [0.15, 0.2) is 0 Å². The van der Waals surface area contributed by atoms with E-state index in [4.69, 9.17) is 5.14 Å². The van der Waals surface area contributed by atoms with Crippen molar-refractivity contribution >= 4 is 32.3 Å². The Hall–Kier alpha value is -2.64. The number of primary sulfonamides is 1. The number of hydrogen-bond donors (Lipinski definition) is 1. The highest BCUT2D eigenvalue weighted by atomic mass is 32.2. The lowest BCUT2D eigenvalue weighted by Crippen LogP contribution is -2.47. The van der Waals surface area contributed by atoms with Gasteiger partial charge in [-0.3, -0.25) is 4.98 Å². The van der Waals surface area contributed by atoms with Gasteiger partial charge in [-0.1, -0.05) is 30.3 Å². The second kappa shape index (κ2) is 6.83. The number of para-hydroxylation sites is 2. The molecule has 0 saturated carbocycles. The van der Waals surface area contributed by atoms with E-state index in [2.05, 4.69) is 46.0 Å². The summed E-state index contributed by atoms with van der Waals surface area (Å²) in [7, 11) is -3.75. The molecule has 4 rings (SSSR count). The second-order valence-corrected chi connectivity index (χ2v) is 8.32. The summed E-state index contributed by atoms with van der Waals surface area (Å²) in [5.74, 6) is 0. The van der Waals surface area contributed by atoms with Gasteiger partial charge in [0.2, 0.25) is 10.0 Å². The van der Waals surface area contributed by atoms with Crippen molar-refractivity contribution in [3.05, 3.63) is 60.3 Å². The molecule has 0 atom stereocenters. The number of nitrogens with two attached hydrogens (primary N) is 1. The molecule has 1 aliphatic rings. The fraction of sp³-hybridized carbons (Fsp3) is 0.250. The largest absolute Gasteiger partial charge is 0.367 e. The van der Waals surface area contributed by atoms with Gasteiger partial charge in [-0.2, -0.15) is 0 Å². The van der Waals surface area contributed by atoms with E-state index in [-0.39, 0.29) is 4.90 Å². The molecule has 27 heavy (non-hydrogen) atoms. The number of nitrogens with zero attached hydrogens (tertiary/aromatic N) is 3. The van der Waals surface area contributed by atoms with Crippen LogP contribution in [-0.2, 0) is 10.0 Å². The highest BCUT2D eigenvalue weighted by Gasteiger charge is 2.23. The van der Waals surface area contributed by atoms with Crippen molar-refractivity contribution in [1.82, 2.24) is 4.98 Å². The molecule has 0 aliphatic carbocycles. The van der Waals surface area contributed by atoms with Crippen LogP contribution in [0.2, 0.25) is 0 Å². The standard InChI is InChI=1S/C20H22N4O2S/c1-15-5-4-6-16-17(9-10-22-20(15)16)23-11-13-24(14-12-23)18-7-2-3-8-19(18)27(21,25)26/h2-10H,11-14H2,1H3,(H2,21,25,26). The first-order valence-electron chi connectivity index (χ1n) is 8.91. The van der Waals surface area contributed by atoms with Crippen LogP contribution in [0.15, 0.2) is 59.6 Å². The van der Waals surface area contributed by atoms with Crippen molar-refractivity contribution in [2.45, 2.75) is 11.8 Å². The number of aryl methyl sites for hydroxylation is 1. The molecule has 0 amide bonds. The lowest BCUT2D eigenvalue weighted by molar-refractivity contribution is 0.595. The molecular weight excluding hydrogens is 360 g/mol. The van der Waals surface area contributed by atoms with E-state index in [1.165, 1.54) is 5.69 Å². The molecule has 0 bridgehead atoms. The predicted octanol–water partition coefficient (Wildman–Crippen LogP) is 2.52. The van der Waals surface area contributed by atoms with Crippen LogP contribution in [0.4, 0.5) is 11.4 Å². The maximum absolute atomic E-state index is 11.9. The molecule has 3 aromatic rings. The van der Waals surface area contributed by atoms with Gasteiger partial charge in [0.05, 0.1) is 11.2 Å². The third-order valence-corrected chi connectivity index (χ3v) is 6.04. The van der Waals surface area contributed by atoms with Gasteiger partial charge in [0.1, 0.15) is 4.90 Å². The first-order valence-corrected chi connectivity index (χ1v) is 10.5. The van der Waals surface area contributed by atoms with Crippen LogP contribution in [0.25, 0.3) is 10.9 Å². The van der Waals surface area contributed by atoms with Gasteiger partial charge in [0.25, 0.3) is 0 Å². The summed E-state index contributed by atoms with van der Waals surface area (Å²) in [6.07, 6.45) is 1.85. The third kappa shape index (κ3) is 3.36. The molecule has 6 nitrogen and oxygen atoms in total. The van der Waals surface area contributed by atoms with Gasteiger partial charge in [-0.05, 0) is 30.7 Å². The van der Waals surface area contributed by atoms with Crippen LogP contribution >= 0.6 is 0 Å². The third-order valence-electron chi connectivity index (χ3n) is 5.08. The Labute approximate surface area is 159 Å². The summed E-state index contributed by atoms with van der Waals surface area (Å²) in [4.78, 5) is 9.12. The van der Waals surface area contributed by atoms with Crippen molar-refractivity contribution in [2.24, 2.45) is 5.14 Å². The molecule has 7 heteroatoms. The highest BCUT2D eigenvalue weighted by Crippen LogP contribution is 2.30. The number of hydrogen-bond acceptors (Lipinski definition) is 5. The maximum Gasteiger partial charge on any atom is 0.240 e. The SMILES string of the molecule is Cc1cccc2c(N3CCN(c4ccccc4S(N)(=O)=O)CC3)ccnc12. The molecule has 1 aliphatic heterocycles. The minimum absolute atomic E-state index is 0.184. The topological polar surface area (TPSA) is 79.5 Å². The Morgan fingerprint density at radius 1 is 0.889 bits per heavy atom. The van der Waals surface area contributed by atoms with E-state index >= 15 is 0 Å². The zero-order chi connectivity index (χ0) is 19.0. The van der Waals surface area contributed by atoms with Gasteiger partial charge < -0.3 is 9.80 Å². The summed E-state index contributed by atoms with van der Waals surface area (Å²) in [6.45, 7) is 5.11. The number of benzene rings is 2. The lowest BCUT2D eigenvalue weighted by atomic mass is 10.1. The first-order chi connectivity index (χ1) is 12.9. The molecule has 0 spiro atoms. The number of anilines is 2. The van der Waals surface area contributed by atoms with Crippen molar-refractivity contribution in [2.75, 3.05) is 36.0 Å². The minimum Gasteiger partial charge on any atom is -0.367 e. The van der Waals surface area contributed by atoms with Crippen LogP contribution in [0, 0.1) is 6.92 Å². The average Bonchev–Trinajstić information content (AvgIpc) is 2.67. The van der Waals surface area contributed by atoms with Crippen LogP contribution < -0.4 is 14.9 Å². The van der Waals surface area contributed by atoms with E-state index in [9.17, 15) is 8.42 Å². The molecule has 140 valence electrons. The Balaban J connectivity index is 1.60. The lowest BCUT2D eigenvalue weighted by Gasteiger charge is -2.38. The van der Waals surface area contributed by atoms with Crippen molar-refractivity contribution in [3.8, 4) is 0 Å². The molecule has 0 radical (unpaired) electrons. The van der Waals surface area contributed by atoms with Gasteiger partial charge in [-0.15, -0.1) is 0 Å². The van der Waals surface area contributed by atoms with Crippen molar-refractivity contribution in [3.63, 3.8) is 0 Å². The fourth-order valence-corrected chi connectivity index (χ4v) is 4.49. The predicted molar refractivity (Wildman–Crippen MR) is 109 cm³/mol. The molecule has 0 unspecified atom stereocenters. The smallest absolute Gasteiger partial charge is 0.240 e. The molecule has 1 saturated heterocycles. The van der Waals surface area contributed by atoms with E-state index in [0.717, 1.165) is 42.6 Å². The zero-order valence-electron chi connectivity index (χ0n) is 15.2. The zero-order valence-corrected chi connectivity index (χ0v) is 16.0. The van der Waals surface area contributed by atoms with Crippen LogP contribution in [0.1, 0.15) is 5.56 Å². The Bertz CT molecular complexity index is 1090. The maximum atomic E-state index is 11.9. The summed E-state index contributed by atoms with van der Waals surface area (Å²) >= 11 is 0. The van der Waals surface area contributed by atoms with Crippen molar-refractivity contribution < 1.29 is 8.42 Å². The molecule has 2 heterocycles. The van der Waals surface area contributed by atoms with Crippen LogP contribution in [0.3, 0.4) is 0 Å². The number of piperazine rings is 1. The fourth-order valence-electron chi connectivity index (χ4n) is 3.73. The second-order valence-electron chi connectivity index (χ2n) is 6.79. The number of aromatic nitrogens is 1. The highest BCUT2D eigenvalue weighted by molar-refractivity contribution is 7.89. The Morgan fingerprint density at radius 2 is 1.56 bits per heavy atom. The summed E-state index contributed by atoms with van der Waals surface area (Å²) in [5.41, 5.74) is 4.03. The summed E-state index contributed by atoms with van der Waals surface area (Å²) < 4.78 is 23.8. The first kappa shape index (κ1) is 17.8. The van der Waals surface area contributed by atoms with Gasteiger partial charge in [0, 0.05) is 43.4 Å². The van der Waals surface area contributed by atoms with E-state index < -0.39 is 10.0 Å².